The monoisotopic (exact) mass is 810 g/mol. The van der Waals surface area contributed by atoms with Gasteiger partial charge in [-0.05, 0) is 135 Å². The van der Waals surface area contributed by atoms with Gasteiger partial charge in [-0.1, -0.05) is 177 Å². The first kappa shape index (κ1) is 38.5. The maximum Gasteiger partial charge on any atom is 0.0541 e. The summed E-state index contributed by atoms with van der Waals surface area (Å²) in [6, 6.07) is 60.4. The van der Waals surface area contributed by atoms with Crippen LogP contribution in [0.4, 0.5) is 11.4 Å². The molecule has 0 radical (unpaired) electrons. The SMILES string of the molecule is CC1C=C(n2c3ccccc3c3cc(-c4ccc(Nc5ccc(-c6cccc(C7=CCCC=C7)c6)cc5)c([C@H]5C=CC=CC5)c4)ccc32)C=CC1c1cccc(-c2ccccc2)c1. The van der Waals surface area contributed by atoms with Crippen LogP contribution < -0.4 is 5.32 Å². The highest BCUT2D eigenvalue weighted by molar-refractivity contribution is 6.11. The van der Waals surface area contributed by atoms with Crippen molar-refractivity contribution in [2.24, 2.45) is 5.92 Å². The molecule has 0 aliphatic heterocycles. The fraction of sp³-hybridized carbons (Fsp3) is 0.115. The van der Waals surface area contributed by atoms with Gasteiger partial charge in [0.05, 0.1) is 11.0 Å². The molecule has 7 aromatic carbocycles. The highest BCUT2D eigenvalue weighted by Gasteiger charge is 2.23. The summed E-state index contributed by atoms with van der Waals surface area (Å²) in [6.45, 7) is 2.35. The number of fused-ring (bicyclic) bond motifs is 3. The summed E-state index contributed by atoms with van der Waals surface area (Å²) in [5.41, 5.74) is 18.6. The first-order valence-electron chi connectivity index (χ1n) is 22.5. The number of hydrogen-bond acceptors (Lipinski definition) is 1. The van der Waals surface area contributed by atoms with Crippen LogP contribution in [0.3, 0.4) is 0 Å². The Morgan fingerprint density at radius 3 is 2.06 bits per heavy atom. The molecule has 2 nitrogen and oxygen atoms in total. The third-order valence-corrected chi connectivity index (χ3v) is 13.2. The fourth-order valence-corrected chi connectivity index (χ4v) is 9.94. The number of rotatable bonds is 9. The molecule has 63 heavy (non-hydrogen) atoms. The van der Waals surface area contributed by atoms with E-state index in [1.165, 1.54) is 83.1 Å². The first-order chi connectivity index (χ1) is 31.1. The quantitative estimate of drug-likeness (QED) is 0.154. The smallest absolute Gasteiger partial charge is 0.0541 e. The maximum atomic E-state index is 3.82. The largest absolute Gasteiger partial charge is 0.355 e. The van der Waals surface area contributed by atoms with E-state index in [4.69, 9.17) is 0 Å². The average molecular weight is 811 g/mol. The molecule has 0 amide bonds. The molecular formula is C61H50N2. The predicted octanol–water partition coefficient (Wildman–Crippen LogP) is 16.7. The minimum Gasteiger partial charge on any atom is -0.355 e. The number of aromatic nitrogens is 1. The molecule has 3 aliphatic rings. The highest BCUT2D eigenvalue weighted by atomic mass is 15.0. The van der Waals surface area contributed by atoms with Crippen molar-refractivity contribution in [3.05, 3.63) is 241 Å². The minimum absolute atomic E-state index is 0.282. The summed E-state index contributed by atoms with van der Waals surface area (Å²) in [5.74, 6) is 0.921. The number of hydrogen-bond donors (Lipinski definition) is 1. The van der Waals surface area contributed by atoms with Crippen LogP contribution in [-0.2, 0) is 0 Å². The van der Waals surface area contributed by atoms with Crippen LogP contribution >= 0.6 is 0 Å². The van der Waals surface area contributed by atoms with E-state index in [0.29, 0.717) is 11.8 Å². The van der Waals surface area contributed by atoms with E-state index >= 15 is 0 Å². The molecule has 8 aromatic rings. The van der Waals surface area contributed by atoms with Gasteiger partial charge >= 0.3 is 0 Å². The summed E-state index contributed by atoms with van der Waals surface area (Å²) in [7, 11) is 0. The summed E-state index contributed by atoms with van der Waals surface area (Å²) >= 11 is 0. The molecule has 2 heteroatoms. The lowest BCUT2D eigenvalue weighted by Gasteiger charge is -2.25. The normalized spacial score (nSPS) is 18.1. The molecule has 1 heterocycles. The Bertz CT molecular complexity index is 3180. The van der Waals surface area contributed by atoms with E-state index in [1.54, 1.807) is 0 Å². The van der Waals surface area contributed by atoms with Crippen molar-refractivity contribution in [3.63, 3.8) is 0 Å². The summed E-state index contributed by atoms with van der Waals surface area (Å²) < 4.78 is 2.46. The Morgan fingerprint density at radius 1 is 0.524 bits per heavy atom. The minimum atomic E-state index is 0.282. The van der Waals surface area contributed by atoms with Gasteiger partial charge in [0, 0.05) is 39.7 Å². The van der Waals surface area contributed by atoms with E-state index in [2.05, 4.69) is 241 Å². The maximum absolute atomic E-state index is 3.82. The first-order valence-corrected chi connectivity index (χ1v) is 22.5. The van der Waals surface area contributed by atoms with Crippen LogP contribution in [0.5, 0.6) is 0 Å². The molecule has 0 saturated heterocycles. The summed E-state index contributed by atoms with van der Waals surface area (Å²) in [5, 5.41) is 6.36. The van der Waals surface area contributed by atoms with Crippen molar-refractivity contribution in [1.82, 2.24) is 4.57 Å². The standard InChI is InChI=1S/C61H50N2/c1-42-37-54(33-34-55(42)52-24-14-23-49(39-52)44-17-7-3-8-18-44)63-60-26-12-11-25-56(60)58-41-51(30-36-61(58)63)50-29-35-59(57(40-50)46-19-9-4-10-20-46)62-53-31-27-45(28-32-53)48-22-13-21-47(38-48)43-15-5-2-6-16-43/h3-5,7-19,21-42,46,55,62H,2,6,20H2,1H3/t42?,46-,55?/m0/s1. The van der Waals surface area contributed by atoms with Gasteiger partial charge < -0.3 is 9.88 Å². The Kier molecular flexibility index (Phi) is 10.3. The molecule has 3 atom stereocenters. The van der Waals surface area contributed by atoms with E-state index < -0.39 is 0 Å². The third kappa shape index (κ3) is 7.64. The second-order valence-corrected chi connectivity index (χ2v) is 17.3. The lowest BCUT2D eigenvalue weighted by Crippen LogP contribution is -2.11. The van der Waals surface area contributed by atoms with Crippen molar-refractivity contribution in [3.8, 4) is 33.4 Å². The molecule has 0 spiro atoms. The van der Waals surface area contributed by atoms with Gasteiger partial charge in [-0.15, -0.1) is 0 Å². The van der Waals surface area contributed by atoms with Crippen molar-refractivity contribution < 1.29 is 0 Å². The van der Waals surface area contributed by atoms with Crippen LogP contribution in [-0.4, -0.2) is 4.57 Å². The van der Waals surface area contributed by atoms with E-state index in [9.17, 15) is 0 Å². The Labute approximate surface area is 371 Å². The molecule has 3 aliphatic carbocycles. The molecule has 0 fully saturated rings. The van der Waals surface area contributed by atoms with E-state index in [1.807, 2.05) is 0 Å². The van der Waals surface area contributed by atoms with Gasteiger partial charge in [0.15, 0.2) is 0 Å². The summed E-state index contributed by atoms with van der Waals surface area (Å²) in [6.07, 6.45) is 26.3. The Balaban J connectivity index is 0.893. The van der Waals surface area contributed by atoms with Crippen LogP contribution in [0.1, 0.15) is 54.7 Å². The lowest BCUT2D eigenvalue weighted by molar-refractivity contribution is 0.635. The lowest BCUT2D eigenvalue weighted by atomic mass is 9.82. The van der Waals surface area contributed by atoms with E-state index in [-0.39, 0.29) is 5.92 Å². The molecule has 0 saturated carbocycles. The number of benzene rings is 7. The predicted molar refractivity (Wildman–Crippen MR) is 269 cm³/mol. The molecule has 11 rings (SSSR count). The van der Waals surface area contributed by atoms with Crippen molar-refractivity contribution in [2.45, 2.75) is 38.0 Å². The van der Waals surface area contributed by atoms with Crippen LogP contribution in [0.25, 0.3) is 66.5 Å². The Hall–Kier alpha value is -7.42. The number of para-hydroxylation sites is 1. The topological polar surface area (TPSA) is 17.0 Å². The van der Waals surface area contributed by atoms with Crippen molar-refractivity contribution >= 4 is 44.5 Å². The zero-order valence-corrected chi connectivity index (χ0v) is 35.7. The zero-order chi connectivity index (χ0) is 42.1. The summed E-state index contributed by atoms with van der Waals surface area (Å²) in [4.78, 5) is 0. The van der Waals surface area contributed by atoms with Gasteiger partial charge in [0.2, 0.25) is 0 Å². The van der Waals surface area contributed by atoms with Crippen molar-refractivity contribution in [1.29, 1.82) is 0 Å². The molecule has 0 bridgehead atoms. The average Bonchev–Trinajstić information content (AvgIpc) is 3.69. The fourth-order valence-electron chi connectivity index (χ4n) is 9.94. The molecular weight excluding hydrogens is 761 g/mol. The van der Waals surface area contributed by atoms with Gasteiger partial charge in [-0.3, -0.25) is 0 Å². The van der Waals surface area contributed by atoms with Crippen LogP contribution in [0.15, 0.2) is 225 Å². The molecule has 1 N–H and O–H groups in total. The number of nitrogens with one attached hydrogen (secondary N) is 1. The third-order valence-electron chi connectivity index (χ3n) is 13.2. The second-order valence-electron chi connectivity index (χ2n) is 17.3. The Morgan fingerprint density at radius 2 is 1.24 bits per heavy atom. The highest BCUT2D eigenvalue weighted by Crippen LogP contribution is 2.41. The second kappa shape index (κ2) is 16.8. The molecule has 304 valence electrons. The van der Waals surface area contributed by atoms with Crippen molar-refractivity contribution in [2.75, 3.05) is 5.32 Å². The zero-order valence-electron chi connectivity index (χ0n) is 35.7. The molecule has 1 aromatic heterocycles. The van der Waals surface area contributed by atoms with Gasteiger partial charge in [0.1, 0.15) is 0 Å². The van der Waals surface area contributed by atoms with Gasteiger partial charge in [0.25, 0.3) is 0 Å². The van der Waals surface area contributed by atoms with Crippen LogP contribution in [0, 0.1) is 5.92 Å². The van der Waals surface area contributed by atoms with Gasteiger partial charge in [-0.25, -0.2) is 0 Å². The van der Waals surface area contributed by atoms with Gasteiger partial charge in [-0.2, -0.15) is 0 Å². The van der Waals surface area contributed by atoms with Crippen LogP contribution in [0.2, 0.25) is 0 Å². The van der Waals surface area contributed by atoms with E-state index in [0.717, 1.165) is 30.6 Å². The molecule has 2 unspecified atom stereocenters. The number of allylic oxidation sites excluding steroid dienone is 12. The number of nitrogens with zero attached hydrogens (tertiary/aromatic N) is 1. The number of anilines is 2.